The van der Waals surface area contributed by atoms with Crippen LogP contribution in [-0.4, -0.2) is 51.3 Å². The maximum absolute atomic E-state index is 13.1. The van der Waals surface area contributed by atoms with Crippen molar-refractivity contribution in [2.75, 3.05) is 12.3 Å². The lowest BCUT2D eigenvalue weighted by atomic mass is 9.95. The Kier molecular flexibility index (Phi) is 8.63. The van der Waals surface area contributed by atoms with Gasteiger partial charge >= 0.3 is 0 Å². The van der Waals surface area contributed by atoms with Crippen molar-refractivity contribution in [1.29, 1.82) is 0 Å². The summed E-state index contributed by atoms with van der Waals surface area (Å²) in [5, 5.41) is 11.5. The van der Waals surface area contributed by atoms with Gasteiger partial charge in [-0.2, -0.15) is 0 Å². The summed E-state index contributed by atoms with van der Waals surface area (Å²) in [6.07, 6.45) is 9.74. The van der Waals surface area contributed by atoms with E-state index in [4.69, 9.17) is 9.15 Å². The molecular formula is C24H32N4O4S. The quantitative estimate of drug-likeness (QED) is 0.523. The topological polar surface area (TPSA) is 97.6 Å². The van der Waals surface area contributed by atoms with Crippen LogP contribution in [-0.2, 0) is 16.2 Å². The molecule has 1 aromatic carbocycles. The lowest BCUT2D eigenvalue weighted by molar-refractivity contribution is -0.136. The molecule has 0 unspecified atom stereocenters. The standard InChI is InChI=1S/C24H32N4O4S/c29-21(25-18-9-3-1-4-10-18)15-28(19-11-7-8-12-19)23(30)17-33-24-27-26-22(32-24)16-31-20-13-5-2-6-14-20/h2,5-6,13-14,18-19H,1,3-4,7-12,15-17H2,(H,25,29). The fourth-order valence-electron chi connectivity index (χ4n) is 4.53. The number of aromatic nitrogens is 2. The monoisotopic (exact) mass is 472 g/mol. The summed E-state index contributed by atoms with van der Waals surface area (Å²) in [6, 6.07) is 9.78. The van der Waals surface area contributed by atoms with Gasteiger partial charge in [0, 0.05) is 12.1 Å². The number of hydrogen-bond donors (Lipinski definition) is 1. The van der Waals surface area contributed by atoms with E-state index >= 15 is 0 Å². The molecule has 2 amide bonds. The third-order valence-corrected chi connectivity index (χ3v) is 7.05. The van der Waals surface area contributed by atoms with E-state index in [1.165, 1.54) is 18.2 Å². The third kappa shape index (κ3) is 7.22. The molecule has 2 aliphatic rings. The molecule has 0 saturated heterocycles. The van der Waals surface area contributed by atoms with E-state index in [0.29, 0.717) is 11.1 Å². The van der Waals surface area contributed by atoms with Crippen molar-refractivity contribution in [3.05, 3.63) is 36.2 Å². The number of carbonyl (C=O) groups excluding carboxylic acids is 2. The molecule has 0 radical (unpaired) electrons. The van der Waals surface area contributed by atoms with Crippen molar-refractivity contribution >= 4 is 23.6 Å². The first kappa shape index (κ1) is 23.6. The second-order valence-electron chi connectivity index (χ2n) is 8.71. The lowest BCUT2D eigenvalue weighted by Gasteiger charge is -2.30. The minimum Gasteiger partial charge on any atom is -0.484 e. The predicted octanol–water partition coefficient (Wildman–Crippen LogP) is 3.96. The van der Waals surface area contributed by atoms with Crippen LogP contribution in [0, 0.1) is 0 Å². The molecule has 1 aromatic heterocycles. The molecule has 1 heterocycles. The first-order chi connectivity index (χ1) is 16.2. The van der Waals surface area contributed by atoms with Gasteiger partial charge in [-0.1, -0.05) is 62.1 Å². The van der Waals surface area contributed by atoms with Crippen LogP contribution in [0.1, 0.15) is 63.7 Å². The van der Waals surface area contributed by atoms with E-state index in [2.05, 4.69) is 15.5 Å². The molecule has 8 nitrogen and oxygen atoms in total. The Bertz CT molecular complexity index is 895. The SMILES string of the molecule is O=C(CN(C(=O)CSc1nnc(COc2ccccc2)o1)C1CCCC1)NC1CCCCC1. The predicted molar refractivity (Wildman–Crippen MR) is 125 cm³/mol. The van der Waals surface area contributed by atoms with Crippen molar-refractivity contribution in [3.63, 3.8) is 0 Å². The van der Waals surface area contributed by atoms with Gasteiger partial charge in [-0.15, -0.1) is 10.2 Å². The van der Waals surface area contributed by atoms with Gasteiger partial charge in [0.05, 0.1) is 12.3 Å². The highest BCUT2D eigenvalue weighted by atomic mass is 32.2. The highest BCUT2D eigenvalue weighted by Gasteiger charge is 2.29. The fraction of sp³-hybridized carbons (Fsp3) is 0.583. The Labute approximate surface area is 198 Å². The summed E-state index contributed by atoms with van der Waals surface area (Å²) in [7, 11) is 0. The average Bonchev–Trinajstić information content (AvgIpc) is 3.53. The van der Waals surface area contributed by atoms with Crippen LogP contribution in [0.3, 0.4) is 0 Å². The molecule has 4 rings (SSSR count). The molecular weight excluding hydrogens is 440 g/mol. The van der Waals surface area contributed by atoms with Crippen LogP contribution in [0.2, 0.25) is 0 Å². The van der Waals surface area contributed by atoms with Gasteiger partial charge in [0.2, 0.25) is 11.8 Å². The number of hydrogen-bond acceptors (Lipinski definition) is 7. The van der Waals surface area contributed by atoms with E-state index in [1.807, 2.05) is 30.3 Å². The number of nitrogens with zero attached hydrogens (tertiary/aromatic N) is 3. The molecule has 178 valence electrons. The first-order valence-electron chi connectivity index (χ1n) is 11.9. The van der Waals surface area contributed by atoms with Gasteiger partial charge in [-0.25, -0.2) is 0 Å². The minimum atomic E-state index is -0.0639. The molecule has 2 aliphatic carbocycles. The second-order valence-corrected chi connectivity index (χ2v) is 9.64. The maximum Gasteiger partial charge on any atom is 0.277 e. The second kappa shape index (κ2) is 12.1. The number of ether oxygens (including phenoxy) is 1. The van der Waals surface area contributed by atoms with Crippen LogP contribution in [0.5, 0.6) is 5.75 Å². The number of rotatable bonds is 10. The Morgan fingerprint density at radius 1 is 1.03 bits per heavy atom. The van der Waals surface area contributed by atoms with Crippen molar-refractivity contribution < 1.29 is 18.7 Å². The molecule has 9 heteroatoms. The number of thioether (sulfide) groups is 1. The van der Waals surface area contributed by atoms with Crippen LogP contribution >= 0.6 is 11.8 Å². The fourth-order valence-corrected chi connectivity index (χ4v) is 5.20. The summed E-state index contributed by atoms with van der Waals surface area (Å²) in [5.74, 6) is 1.12. The van der Waals surface area contributed by atoms with E-state index in [0.717, 1.165) is 57.1 Å². The highest BCUT2D eigenvalue weighted by Crippen LogP contribution is 2.25. The Morgan fingerprint density at radius 3 is 2.52 bits per heavy atom. The van der Waals surface area contributed by atoms with Crippen molar-refractivity contribution in [2.45, 2.75) is 81.7 Å². The Hall–Kier alpha value is -2.55. The molecule has 0 spiro atoms. The summed E-state index contributed by atoms with van der Waals surface area (Å²) < 4.78 is 11.2. The molecule has 2 fully saturated rings. The average molecular weight is 473 g/mol. The largest absolute Gasteiger partial charge is 0.484 e. The van der Waals surface area contributed by atoms with Crippen LogP contribution in [0.4, 0.5) is 0 Å². The Morgan fingerprint density at radius 2 is 1.76 bits per heavy atom. The van der Waals surface area contributed by atoms with E-state index < -0.39 is 0 Å². The van der Waals surface area contributed by atoms with Crippen LogP contribution in [0.25, 0.3) is 0 Å². The van der Waals surface area contributed by atoms with Crippen molar-refractivity contribution in [3.8, 4) is 5.75 Å². The number of para-hydroxylation sites is 1. The zero-order valence-corrected chi connectivity index (χ0v) is 19.7. The highest BCUT2D eigenvalue weighted by molar-refractivity contribution is 7.99. The summed E-state index contributed by atoms with van der Waals surface area (Å²) >= 11 is 1.20. The maximum atomic E-state index is 13.1. The third-order valence-electron chi connectivity index (χ3n) is 6.24. The zero-order chi connectivity index (χ0) is 22.9. The zero-order valence-electron chi connectivity index (χ0n) is 18.9. The minimum absolute atomic E-state index is 0.0507. The van der Waals surface area contributed by atoms with Gasteiger partial charge in [-0.3, -0.25) is 9.59 Å². The first-order valence-corrected chi connectivity index (χ1v) is 12.9. The van der Waals surface area contributed by atoms with Crippen molar-refractivity contribution in [2.24, 2.45) is 0 Å². The van der Waals surface area contributed by atoms with E-state index in [9.17, 15) is 9.59 Å². The number of benzene rings is 1. The van der Waals surface area contributed by atoms with Crippen LogP contribution in [0.15, 0.2) is 40.0 Å². The summed E-state index contributed by atoms with van der Waals surface area (Å²) in [5.41, 5.74) is 0. The normalized spacial score (nSPS) is 17.1. The molecule has 2 aromatic rings. The molecule has 1 N–H and O–H groups in total. The number of nitrogens with one attached hydrogen (secondary N) is 1. The number of amides is 2. The van der Waals surface area contributed by atoms with Gasteiger partial charge in [-0.05, 0) is 37.8 Å². The molecule has 0 atom stereocenters. The smallest absolute Gasteiger partial charge is 0.277 e. The molecule has 33 heavy (non-hydrogen) atoms. The van der Waals surface area contributed by atoms with Gasteiger partial charge in [0.1, 0.15) is 5.75 Å². The van der Waals surface area contributed by atoms with Crippen LogP contribution < -0.4 is 10.1 Å². The molecule has 2 saturated carbocycles. The van der Waals surface area contributed by atoms with E-state index in [1.54, 1.807) is 4.90 Å². The van der Waals surface area contributed by atoms with Gasteiger partial charge < -0.3 is 19.4 Å². The summed E-state index contributed by atoms with van der Waals surface area (Å²) in [4.78, 5) is 27.5. The summed E-state index contributed by atoms with van der Waals surface area (Å²) in [6.45, 7) is 0.293. The molecule has 0 aliphatic heterocycles. The Balaban J connectivity index is 1.27. The number of carbonyl (C=O) groups is 2. The van der Waals surface area contributed by atoms with Gasteiger partial charge in [0.15, 0.2) is 6.61 Å². The lowest BCUT2D eigenvalue weighted by Crippen LogP contribution is -2.48. The molecule has 0 bridgehead atoms. The van der Waals surface area contributed by atoms with Crippen molar-refractivity contribution in [1.82, 2.24) is 20.4 Å². The van der Waals surface area contributed by atoms with E-state index in [-0.39, 0.29) is 42.8 Å². The van der Waals surface area contributed by atoms with Gasteiger partial charge in [0.25, 0.3) is 11.1 Å².